The van der Waals surface area contributed by atoms with Gasteiger partial charge in [-0.2, -0.15) is 8.42 Å². The summed E-state index contributed by atoms with van der Waals surface area (Å²) in [4.78, 5) is 62.1. The van der Waals surface area contributed by atoms with Crippen molar-refractivity contribution in [2.24, 2.45) is 0 Å². The summed E-state index contributed by atoms with van der Waals surface area (Å²) in [6.45, 7) is -0.512. The quantitative estimate of drug-likeness (QED) is 0.0470. The van der Waals surface area contributed by atoms with E-state index in [0.717, 1.165) is 6.07 Å². The zero-order valence-corrected chi connectivity index (χ0v) is 22.7. The van der Waals surface area contributed by atoms with E-state index in [9.17, 15) is 37.7 Å². The van der Waals surface area contributed by atoms with Crippen molar-refractivity contribution in [1.82, 2.24) is 5.06 Å². The molecule has 0 spiro atoms. The van der Waals surface area contributed by atoms with Gasteiger partial charge < -0.3 is 16.7 Å². The van der Waals surface area contributed by atoms with E-state index in [2.05, 4.69) is 10.2 Å². The Labute approximate surface area is 230 Å². The molecule has 1 aliphatic rings. The predicted molar refractivity (Wildman–Crippen MR) is 121 cm³/mol. The second-order valence-corrected chi connectivity index (χ2v) is 10.9. The number of anilines is 1. The molecular weight excluding hydrogens is 541 g/mol. The van der Waals surface area contributed by atoms with Crippen LogP contribution in [0.3, 0.4) is 0 Å². The Hall–Kier alpha value is -1.73. The van der Waals surface area contributed by atoms with Gasteiger partial charge in [0.15, 0.2) is 5.25 Å². The molecule has 0 bridgehead atoms. The van der Waals surface area contributed by atoms with E-state index in [1.165, 1.54) is 33.7 Å². The zero-order valence-electron chi connectivity index (χ0n) is 19.2. The number of amides is 3. The summed E-state index contributed by atoms with van der Waals surface area (Å²) >= 11 is 0. The van der Waals surface area contributed by atoms with Crippen molar-refractivity contribution in [3.05, 3.63) is 33.9 Å². The van der Waals surface area contributed by atoms with E-state index in [-0.39, 0.29) is 71.6 Å². The Balaban J connectivity index is 0.00000612. The summed E-state index contributed by atoms with van der Waals surface area (Å²) < 4.78 is 31.0. The minimum atomic E-state index is -4.80. The minimum Gasteiger partial charge on any atom is -1.00 e. The second kappa shape index (κ2) is 14.1. The first-order valence-electron chi connectivity index (χ1n) is 9.40. The number of rotatable bonds is 12. The number of nitrogens with zero attached hydrogens (tertiary/aromatic N) is 2. The minimum absolute atomic E-state index is 0. The SMILES string of the molecule is O=C(CCSSCCC(=O)ON1C(=O)CC(S(=O)(=O)O)C1=O)Nc1ccc(CO)c([N+](=O)[O-])c1.[H-].[Na+]. The Bertz CT molecular complexity index is 1110. The van der Waals surface area contributed by atoms with Crippen LogP contribution >= 0.6 is 21.6 Å². The summed E-state index contributed by atoms with van der Waals surface area (Å²) in [5.74, 6) is -3.25. The van der Waals surface area contributed by atoms with Gasteiger partial charge in [0, 0.05) is 29.7 Å². The molecule has 0 aliphatic carbocycles. The smallest absolute Gasteiger partial charge is 1.00 e. The molecule has 2 rings (SSSR count). The van der Waals surface area contributed by atoms with Crippen molar-refractivity contribution >= 4 is 66.8 Å². The Morgan fingerprint density at radius 2 is 1.89 bits per heavy atom. The molecule has 0 saturated carbocycles. The fraction of sp³-hybridized carbons (Fsp3) is 0.412. The zero-order chi connectivity index (χ0) is 25.5. The van der Waals surface area contributed by atoms with Crippen LogP contribution in [0, 0.1) is 10.1 Å². The number of nitro benzene ring substituents is 1. The number of aliphatic hydroxyl groups is 1. The van der Waals surface area contributed by atoms with Crippen LogP contribution in [0.25, 0.3) is 0 Å². The van der Waals surface area contributed by atoms with Gasteiger partial charge in [0.1, 0.15) is 0 Å². The third-order valence-corrected chi connectivity index (χ3v) is 7.73. The molecule has 0 aromatic heterocycles. The first-order valence-corrected chi connectivity index (χ1v) is 13.4. The molecule has 1 fully saturated rings. The largest absolute Gasteiger partial charge is 1.00 e. The van der Waals surface area contributed by atoms with Crippen LogP contribution in [0.1, 0.15) is 26.3 Å². The molecule has 1 unspecified atom stereocenters. The molecule has 18 heteroatoms. The number of hydrogen-bond acceptors (Lipinski definition) is 12. The van der Waals surface area contributed by atoms with Crippen LogP contribution < -0.4 is 34.9 Å². The van der Waals surface area contributed by atoms with Crippen molar-refractivity contribution in [2.45, 2.75) is 31.1 Å². The second-order valence-electron chi connectivity index (χ2n) is 6.65. The molecule has 1 aliphatic heterocycles. The van der Waals surface area contributed by atoms with Crippen LogP contribution in [-0.2, 0) is 40.7 Å². The molecule has 3 amide bonds. The van der Waals surface area contributed by atoms with Crippen LogP contribution in [0.5, 0.6) is 0 Å². The number of hydroxylamine groups is 2. The van der Waals surface area contributed by atoms with Crippen LogP contribution in [0.2, 0.25) is 0 Å². The average molecular weight is 562 g/mol. The van der Waals surface area contributed by atoms with E-state index in [4.69, 9.17) is 9.66 Å². The van der Waals surface area contributed by atoms with E-state index in [1.807, 2.05) is 0 Å². The van der Waals surface area contributed by atoms with Gasteiger partial charge in [0.05, 0.1) is 29.9 Å². The number of carbonyl (C=O) groups excluding carboxylic acids is 4. The first-order chi connectivity index (χ1) is 15.9. The van der Waals surface area contributed by atoms with Crippen LogP contribution in [0.15, 0.2) is 18.2 Å². The number of nitro groups is 1. The fourth-order valence-corrected chi connectivity index (χ4v) is 5.27. The Morgan fingerprint density at radius 1 is 1.26 bits per heavy atom. The van der Waals surface area contributed by atoms with E-state index < -0.39 is 57.0 Å². The molecular formula is C17H20N3NaO11S3. The molecule has 1 aromatic carbocycles. The van der Waals surface area contributed by atoms with Gasteiger partial charge in [-0.15, -0.1) is 5.06 Å². The topological polar surface area (TPSA) is 211 Å². The van der Waals surface area contributed by atoms with Crippen molar-refractivity contribution in [2.75, 3.05) is 16.8 Å². The predicted octanol–water partition coefficient (Wildman–Crippen LogP) is -2.22. The molecule has 14 nitrogen and oxygen atoms in total. The van der Waals surface area contributed by atoms with Crippen molar-refractivity contribution < 1.29 is 78.0 Å². The number of hydrogen-bond donors (Lipinski definition) is 3. The van der Waals surface area contributed by atoms with Gasteiger partial charge >= 0.3 is 35.5 Å². The van der Waals surface area contributed by atoms with Gasteiger partial charge in [-0.3, -0.25) is 29.1 Å². The van der Waals surface area contributed by atoms with Crippen molar-refractivity contribution in [1.29, 1.82) is 0 Å². The molecule has 1 aromatic rings. The molecule has 1 atom stereocenters. The average Bonchev–Trinajstić information content (AvgIpc) is 3.04. The third kappa shape index (κ3) is 9.34. The van der Waals surface area contributed by atoms with E-state index in [1.54, 1.807) is 0 Å². The molecule has 3 N–H and O–H groups in total. The maximum atomic E-state index is 12.0. The molecule has 188 valence electrons. The maximum absolute atomic E-state index is 12.0. The summed E-state index contributed by atoms with van der Waals surface area (Å²) in [5, 5.41) is 20.6. The number of aliphatic hydroxyl groups excluding tert-OH is 1. The fourth-order valence-electron chi connectivity index (χ4n) is 2.60. The summed E-state index contributed by atoms with van der Waals surface area (Å²) in [6.07, 6.45) is -0.986. The van der Waals surface area contributed by atoms with Gasteiger partial charge in [0.2, 0.25) is 5.91 Å². The molecule has 35 heavy (non-hydrogen) atoms. The third-order valence-electron chi connectivity index (χ3n) is 4.24. The van der Waals surface area contributed by atoms with Crippen LogP contribution in [0.4, 0.5) is 11.4 Å². The standard InChI is InChI=1S/C17H19N3O11S3.Na.H/c21-9-10-1-2-11(7-12(10)20(26)27)18-14(22)3-5-32-33-6-4-16(24)31-19-15(23)8-13(17(19)25)34(28,29)30;;/h1-2,7,13,21H,3-6,8-9H2,(H,18,22)(H,28,29,30);;/q;+1;-1. The number of imide groups is 1. The van der Waals surface area contributed by atoms with Gasteiger partial charge in [-0.05, 0) is 12.1 Å². The Kier molecular flexibility index (Phi) is 12.6. The monoisotopic (exact) mass is 561 g/mol. The van der Waals surface area contributed by atoms with Gasteiger partial charge in [0.25, 0.3) is 27.6 Å². The number of nitrogens with one attached hydrogen (secondary N) is 1. The molecule has 0 radical (unpaired) electrons. The summed E-state index contributed by atoms with van der Waals surface area (Å²) in [6, 6.07) is 3.91. The number of carbonyl (C=O) groups is 4. The van der Waals surface area contributed by atoms with Crippen LogP contribution in [-0.4, -0.2) is 68.5 Å². The molecule has 1 heterocycles. The Morgan fingerprint density at radius 3 is 2.43 bits per heavy atom. The van der Waals surface area contributed by atoms with Crippen molar-refractivity contribution in [3.63, 3.8) is 0 Å². The summed E-state index contributed by atoms with van der Waals surface area (Å²) in [5.41, 5.74) is 0.00434. The van der Waals surface area contributed by atoms with Crippen molar-refractivity contribution in [3.8, 4) is 0 Å². The van der Waals surface area contributed by atoms with E-state index in [0.29, 0.717) is 5.75 Å². The normalized spacial score (nSPS) is 15.5. The summed E-state index contributed by atoms with van der Waals surface area (Å²) in [7, 11) is -2.36. The number of benzene rings is 1. The van der Waals surface area contributed by atoms with Gasteiger partial charge in [-0.1, -0.05) is 21.6 Å². The van der Waals surface area contributed by atoms with E-state index >= 15 is 0 Å². The first kappa shape index (κ1) is 31.3. The van der Waals surface area contributed by atoms with Gasteiger partial charge in [-0.25, -0.2) is 4.79 Å². The maximum Gasteiger partial charge on any atom is 1.00 e. The molecule has 1 saturated heterocycles.